The van der Waals surface area contributed by atoms with Gasteiger partial charge < -0.3 is 19.9 Å². The fourth-order valence-corrected chi connectivity index (χ4v) is 0.903. The van der Waals surface area contributed by atoms with Crippen LogP contribution in [0.1, 0.15) is 26.2 Å². The van der Waals surface area contributed by atoms with Gasteiger partial charge >= 0.3 is 6.09 Å². The van der Waals surface area contributed by atoms with Crippen molar-refractivity contribution in [1.29, 1.82) is 0 Å². The Morgan fingerprint density at radius 2 is 2.00 bits per heavy atom. The zero-order valence-corrected chi connectivity index (χ0v) is 9.33. The van der Waals surface area contributed by atoms with Gasteiger partial charge in [-0.15, -0.1) is 0 Å². The van der Waals surface area contributed by atoms with E-state index in [1.54, 1.807) is 0 Å². The molecule has 0 bridgehead atoms. The number of aliphatic hydroxyl groups excluding tert-OH is 1. The Hall–Kier alpha value is -0.810. The van der Waals surface area contributed by atoms with Gasteiger partial charge in [0.2, 0.25) is 0 Å². The Morgan fingerprint density at radius 1 is 1.27 bits per heavy atom. The standard InChI is InChI=1S/C10H21NO4/c1-2-3-7-14-8-4-5-11-10(13)15-9-6-12/h12H,2-9H2,1H3,(H,11,13). The maximum Gasteiger partial charge on any atom is 0.407 e. The molecule has 0 heterocycles. The fraction of sp³-hybridized carbons (Fsp3) is 0.900. The number of nitrogens with one attached hydrogen (secondary N) is 1. The number of hydrogen-bond donors (Lipinski definition) is 2. The largest absolute Gasteiger partial charge is 0.447 e. The highest BCUT2D eigenvalue weighted by Gasteiger charge is 1.99. The molecule has 0 radical (unpaired) electrons. The molecule has 0 rings (SSSR count). The molecule has 2 N–H and O–H groups in total. The summed E-state index contributed by atoms with van der Waals surface area (Å²) in [5.41, 5.74) is 0. The minimum Gasteiger partial charge on any atom is -0.447 e. The summed E-state index contributed by atoms with van der Waals surface area (Å²) in [6.07, 6.45) is 2.49. The second kappa shape index (κ2) is 11.3. The lowest BCUT2D eigenvalue weighted by Gasteiger charge is -2.06. The average Bonchev–Trinajstić information content (AvgIpc) is 2.25. The molecule has 0 aliphatic carbocycles. The topological polar surface area (TPSA) is 67.8 Å². The average molecular weight is 219 g/mol. The molecule has 90 valence electrons. The molecule has 0 saturated carbocycles. The first-order valence-electron chi connectivity index (χ1n) is 5.40. The van der Waals surface area contributed by atoms with Crippen LogP contribution in [-0.2, 0) is 9.47 Å². The van der Waals surface area contributed by atoms with E-state index in [-0.39, 0.29) is 13.2 Å². The van der Waals surface area contributed by atoms with Gasteiger partial charge in [-0.2, -0.15) is 0 Å². The number of aliphatic hydroxyl groups is 1. The summed E-state index contributed by atoms with van der Waals surface area (Å²) in [7, 11) is 0. The second-order valence-electron chi connectivity index (χ2n) is 3.11. The van der Waals surface area contributed by atoms with Crippen LogP contribution < -0.4 is 5.32 Å². The monoisotopic (exact) mass is 219 g/mol. The molecule has 1 amide bonds. The van der Waals surface area contributed by atoms with Crippen molar-refractivity contribution in [2.24, 2.45) is 0 Å². The van der Waals surface area contributed by atoms with Crippen molar-refractivity contribution in [3.63, 3.8) is 0 Å². The van der Waals surface area contributed by atoms with E-state index in [0.29, 0.717) is 13.2 Å². The molecule has 0 fully saturated rings. The lowest BCUT2D eigenvalue weighted by atomic mass is 10.4. The van der Waals surface area contributed by atoms with Gasteiger partial charge in [-0.1, -0.05) is 13.3 Å². The Kier molecular flexibility index (Phi) is 10.7. The van der Waals surface area contributed by atoms with E-state index in [1.807, 2.05) is 0 Å². The molecule has 0 aromatic rings. The molecule has 5 heteroatoms. The van der Waals surface area contributed by atoms with E-state index >= 15 is 0 Å². The number of hydrogen-bond acceptors (Lipinski definition) is 4. The highest BCUT2D eigenvalue weighted by atomic mass is 16.6. The summed E-state index contributed by atoms with van der Waals surface area (Å²) in [6, 6.07) is 0. The maximum absolute atomic E-state index is 10.9. The molecule has 5 nitrogen and oxygen atoms in total. The van der Waals surface area contributed by atoms with Gasteiger partial charge in [0.25, 0.3) is 0 Å². The first-order valence-corrected chi connectivity index (χ1v) is 5.40. The van der Waals surface area contributed by atoms with Gasteiger partial charge in [0.15, 0.2) is 0 Å². The minimum absolute atomic E-state index is 0.0405. The maximum atomic E-state index is 10.9. The molecule has 0 aromatic carbocycles. The third kappa shape index (κ3) is 11.1. The predicted molar refractivity (Wildman–Crippen MR) is 56.8 cm³/mol. The quantitative estimate of drug-likeness (QED) is 0.566. The summed E-state index contributed by atoms with van der Waals surface area (Å²) in [6.45, 7) is 3.98. The SMILES string of the molecule is CCCCOCCCNC(=O)OCCO. The summed E-state index contributed by atoms with van der Waals surface area (Å²) in [5, 5.41) is 10.9. The van der Waals surface area contributed by atoms with Crippen LogP contribution in [0.3, 0.4) is 0 Å². The van der Waals surface area contributed by atoms with Crippen LogP contribution in [0.15, 0.2) is 0 Å². The number of amides is 1. The number of carbonyl (C=O) groups is 1. The van der Waals surface area contributed by atoms with Crippen molar-refractivity contribution in [3.05, 3.63) is 0 Å². The molecule has 0 unspecified atom stereocenters. The molecule has 0 aliphatic heterocycles. The van der Waals surface area contributed by atoms with Crippen LogP contribution in [-0.4, -0.2) is 44.2 Å². The Balaban J connectivity index is 3.06. The van der Waals surface area contributed by atoms with E-state index < -0.39 is 6.09 Å². The van der Waals surface area contributed by atoms with Crippen LogP contribution >= 0.6 is 0 Å². The van der Waals surface area contributed by atoms with Crippen molar-refractivity contribution in [2.75, 3.05) is 33.0 Å². The van der Waals surface area contributed by atoms with Gasteiger partial charge in [0.1, 0.15) is 6.61 Å². The Labute approximate surface area is 90.8 Å². The summed E-state index contributed by atoms with van der Waals surface area (Å²) >= 11 is 0. The van der Waals surface area contributed by atoms with E-state index in [4.69, 9.17) is 9.84 Å². The lowest BCUT2D eigenvalue weighted by Crippen LogP contribution is -2.27. The van der Waals surface area contributed by atoms with Crippen LogP contribution in [0.4, 0.5) is 4.79 Å². The molecule has 15 heavy (non-hydrogen) atoms. The molecular weight excluding hydrogens is 198 g/mol. The van der Waals surface area contributed by atoms with Crippen molar-refractivity contribution >= 4 is 6.09 Å². The lowest BCUT2D eigenvalue weighted by molar-refractivity contribution is 0.113. The molecule has 0 saturated heterocycles. The molecular formula is C10H21NO4. The minimum atomic E-state index is -0.488. The molecule has 0 spiro atoms. The second-order valence-corrected chi connectivity index (χ2v) is 3.11. The van der Waals surface area contributed by atoms with E-state index in [2.05, 4.69) is 17.0 Å². The van der Waals surface area contributed by atoms with Crippen molar-refractivity contribution in [2.45, 2.75) is 26.2 Å². The fourth-order valence-electron chi connectivity index (χ4n) is 0.903. The van der Waals surface area contributed by atoms with Gasteiger partial charge in [-0.25, -0.2) is 4.79 Å². The van der Waals surface area contributed by atoms with Gasteiger partial charge in [0, 0.05) is 19.8 Å². The zero-order valence-electron chi connectivity index (χ0n) is 9.33. The number of alkyl carbamates (subject to hydrolysis) is 1. The number of rotatable bonds is 9. The van der Waals surface area contributed by atoms with Crippen molar-refractivity contribution in [3.8, 4) is 0 Å². The first-order chi connectivity index (χ1) is 7.31. The summed E-state index contributed by atoms with van der Waals surface area (Å²) in [5.74, 6) is 0. The Morgan fingerprint density at radius 3 is 2.67 bits per heavy atom. The normalized spacial score (nSPS) is 10.0. The van der Waals surface area contributed by atoms with Crippen LogP contribution in [0.2, 0.25) is 0 Å². The highest BCUT2D eigenvalue weighted by Crippen LogP contribution is 1.89. The summed E-state index contributed by atoms with van der Waals surface area (Å²) in [4.78, 5) is 10.9. The number of carbonyl (C=O) groups excluding carboxylic acids is 1. The Bertz CT molecular complexity index is 152. The number of ether oxygens (including phenoxy) is 2. The van der Waals surface area contributed by atoms with Crippen molar-refractivity contribution in [1.82, 2.24) is 5.32 Å². The van der Waals surface area contributed by atoms with Gasteiger partial charge in [-0.3, -0.25) is 0 Å². The summed E-state index contributed by atoms with van der Waals surface area (Å²) < 4.78 is 9.90. The van der Waals surface area contributed by atoms with Crippen LogP contribution in [0.25, 0.3) is 0 Å². The van der Waals surface area contributed by atoms with Crippen LogP contribution in [0, 0.1) is 0 Å². The van der Waals surface area contributed by atoms with E-state index in [0.717, 1.165) is 25.9 Å². The molecule has 0 aromatic heterocycles. The van der Waals surface area contributed by atoms with Gasteiger partial charge in [0.05, 0.1) is 6.61 Å². The number of unbranched alkanes of at least 4 members (excludes halogenated alkanes) is 1. The third-order valence-electron chi connectivity index (χ3n) is 1.70. The smallest absolute Gasteiger partial charge is 0.407 e. The molecule has 0 atom stereocenters. The van der Waals surface area contributed by atoms with Gasteiger partial charge in [-0.05, 0) is 12.8 Å². The zero-order chi connectivity index (χ0) is 11.4. The first kappa shape index (κ1) is 14.2. The third-order valence-corrected chi connectivity index (χ3v) is 1.70. The van der Waals surface area contributed by atoms with E-state index in [1.165, 1.54) is 0 Å². The van der Waals surface area contributed by atoms with Crippen LogP contribution in [0.5, 0.6) is 0 Å². The van der Waals surface area contributed by atoms with Crippen molar-refractivity contribution < 1.29 is 19.4 Å². The predicted octanol–water partition coefficient (Wildman–Crippen LogP) is 0.912. The van der Waals surface area contributed by atoms with E-state index in [9.17, 15) is 4.79 Å². The highest BCUT2D eigenvalue weighted by molar-refractivity contribution is 5.66. The molecule has 0 aliphatic rings.